The monoisotopic (exact) mass is 529 g/mol. The summed E-state index contributed by atoms with van der Waals surface area (Å²) in [5.41, 5.74) is 4.29. The van der Waals surface area contributed by atoms with Gasteiger partial charge in [-0.05, 0) is 48.2 Å². The van der Waals surface area contributed by atoms with Gasteiger partial charge >= 0.3 is 0 Å². The zero-order valence-electron chi connectivity index (χ0n) is 21.3. The van der Waals surface area contributed by atoms with E-state index in [9.17, 15) is 19.2 Å². The van der Waals surface area contributed by atoms with E-state index in [4.69, 9.17) is 11.6 Å². The third kappa shape index (κ3) is 4.58. The van der Waals surface area contributed by atoms with E-state index >= 15 is 0 Å². The lowest BCUT2D eigenvalue weighted by Gasteiger charge is -2.42. The molecule has 8 heteroatoms. The highest BCUT2D eigenvalue weighted by Crippen LogP contribution is 2.46. The van der Waals surface area contributed by atoms with Crippen molar-refractivity contribution in [2.24, 2.45) is 5.41 Å². The van der Waals surface area contributed by atoms with Crippen molar-refractivity contribution in [3.63, 3.8) is 0 Å². The lowest BCUT2D eigenvalue weighted by Crippen LogP contribution is -2.52. The van der Waals surface area contributed by atoms with Crippen molar-refractivity contribution in [2.75, 3.05) is 0 Å². The van der Waals surface area contributed by atoms with Gasteiger partial charge in [-0.15, -0.1) is 6.58 Å². The topological polar surface area (TPSA) is 88.5 Å². The second kappa shape index (κ2) is 9.72. The lowest BCUT2D eigenvalue weighted by atomic mass is 9.69. The number of benzene rings is 2. The molecule has 194 valence electrons. The average molecular weight is 530 g/mol. The van der Waals surface area contributed by atoms with E-state index in [0.29, 0.717) is 39.4 Å². The number of amides is 2. The number of allylic oxidation sites excluding steroid dienone is 3. The van der Waals surface area contributed by atoms with Crippen LogP contribution >= 0.6 is 11.6 Å². The molecule has 1 N–H and O–H groups in total. The summed E-state index contributed by atoms with van der Waals surface area (Å²) in [6.07, 6.45) is 2.17. The van der Waals surface area contributed by atoms with Crippen LogP contribution in [0.2, 0.25) is 5.02 Å². The zero-order valence-corrected chi connectivity index (χ0v) is 22.0. The Bertz CT molecular complexity index is 1590. The van der Waals surface area contributed by atoms with Crippen LogP contribution < -0.4 is 11.0 Å². The molecular weight excluding hydrogens is 502 g/mol. The molecule has 5 rings (SSSR count). The minimum Gasteiger partial charge on any atom is -0.304 e. The summed E-state index contributed by atoms with van der Waals surface area (Å²) in [4.78, 5) is 54.0. The van der Waals surface area contributed by atoms with Gasteiger partial charge in [0.05, 0.1) is 11.2 Å². The van der Waals surface area contributed by atoms with Crippen LogP contribution in [-0.4, -0.2) is 27.2 Å². The highest BCUT2D eigenvalue weighted by molar-refractivity contribution is 6.31. The SMILES string of the molecule is C=CCn1c(=O)c(C2CC(=O)N(NC(=O)c3ccccc3)C3=C2C(=O)CC(C)(C)C3)cc2cc(Cl)ccc21. The van der Waals surface area contributed by atoms with E-state index in [0.717, 1.165) is 5.39 Å². The second-order valence-electron chi connectivity index (χ2n) is 10.6. The number of carbonyl (C=O) groups is 3. The molecule has 3 aromatic rings. The summed E-state index contributed by atoms with van der Waals surface area (Å²) in [6, 6.07) is 15.6. The van der Waals surface area contributed by atoms with E-state index in [1.165, 1.54) is 5.01 Å². The van der Waals surface area contributed by atoms with Gasteiger partial charge in [0.15, 0.2) is 5.78 Å². The van der Waals surface area contributed by atoms with Crippen LogP contribution in [0.25, 0.3) is 10.9 Å². The van der Waals surface area contributed by atoms with E-state index in [1.807, 2.05) is 13.8 Å². The molecular formula is C30H28ClN3O4. The minimum atomic E-state index is -0.738. The predicted molar refractivity (Wildman–Crippen MR) is 147 cm³/mol. The maximum atomic E-state index is 13.8. The number of Topliss-reactive ketones (excluding diaryl/α,β-unsaturated/α-hetero) is 1. The molecule has 2 amide bonds. The van der Waals surface area contributed by atoms with Crippen molar-refractivity contribution in [1.82, 2.24) is 15.0 Å². The van der Waals surface area contributed by atoms with Crippen LogP contribution in [-0.2, 0) is 16.1 Å². The largest absolute Gasteiger partial charge is 0.304 e. The standard InChI is InChI=1S/C30H28ClN3O4/c1-4-12-33-23-11-10-20(31)13-19(23)14-22(29(33)38)21-15-26(36)34(32-28(37)18-8-6-5-7-9-18)24-16-30(2,3)17-25(35)27(21)24/h4-11,13-14,21H,1,12,15-17H2,2-3H3,(H,32,37). The number of halogens is 1. The average Bonchev–Trinajstić information content (AvgIpc) is 2.87. The fourth-order valence-electron chi connectivity index (χ4n) is 5.51. The highest BCUT2D eigenvalue weighted by atomic mass is 35.5. The summed E-state index contributed by atoms with van der Waals surface area (Å²) in [7, 11) is 0. The van der Waals surface area contributed by atoms with E-state index < -0.39 is 17.2 Å². The molecule has 0 bridgehead atoms. The number of nitrogens with zero attached hydrogens (tertiary/aromatic N) is 2. The second-order valence-corrected chi connectivity index (χ2v) is 11.0. The van der Waals surface area contributed by atoms with Gasteiger partial charge in [-0.25, -0.2) is 5.01 Å². The number of nitrogens with one attached hydrogen (secondary N) is 1. The van der Waals surface area contributed by atoms with Gasteiger partial charge in [0, 0.05) is 52.4 Å². The Morgan fingerprint density at radius 2 is 1.84 bits per heavy atom. The quantitative estimate of drug-likeness (QED) is 0.463. The molecule has 1 aromatic heterocycles. The van der Waals surface area contributed by atoms with Crippen molar-refractivity contribution >= 4 is 40.1 Å². The molecule has 1 aliphatic heterocycles. The van der Waals surface area contributed by atoms with Crippen molar-refractivity contribution in [3.05, 3.63) is 105 Å². The van der Waals surface area contributed by atoms with E-state index in [1.54, 1.807) is 65.2 Å². The Labute approximate surface area is 225 Å². The number of aromatic nitrogens is 1. The summed E-state index contributed by atoms with van der Waals surface area (Å²) in [5.74, 6) is -1.70. The van der Waals surface area contributed by atoms with Gasteiger partial charge in [-0.3, -0.25) is 24.6 Å². The summed E-state index contributed by atoms with van der Waals surface area (Å²) < 4.78 is 1.58. The first-order valence-corrected chi connectivity index (χ1v) is 12.9. The van der Waals surface area contributed by atoms with Gasteiger partial charge in [-0.2, -0.15) is 0 Å². The maximum absolute atomic E-state index is 13.8. The maximum Gasteiger partial charge on any atom is 0.270 e. The molecule has 1 aliphatic carbocycles. The predicted octanol–water partition coefficient (Wildman–Crippen LogP) is 5.15. The van der Waals surface area contributed by atoms with Crippen molar-refractivity contribution < 1.29 is 14.4 Å². The van der Waals surface area contributed by atoms with Crippen LogP contribution in [0.4, 0.5) is 0 Å². The molecule has 2 aliphatic rings. The van der Waals surface area contributed by atoms with Gasteiger partial charge in [0.2, 0.25) is 5.91 Å². The molecule has 0 fully saturated rings. The molecule has 7 nitrogen and oxygen atoms in total. The van der Waals surface area contributed by atoms with Gasteiger partial charge in [0.25, 0.3) is 11.5 Å². The fraction of sp³-hybridized carbons (Fsp3) is 0.267. The van der Waals surface area contributed by atoms with Crippen molar-refractivity contribution in [1.29, 1.82) is 0 Å². The smallest absolute Gasteiger partial charge is 0.270 e. The number of hydrazine groups is 1. The Hall–Kier alpha value is -3.97. The molecule has 0 saturated carbocycles. The first-order chi connectivity index (χ1) is 18.1. The molecule has 1 unspecified atom stereocenters. The molecule has 2 heterocycles. The van der Waals surface area contributed by atoms with Gasteiger partial charge < -0.3 is 4.57 Å². The molecule has 0 radical (unpaired) electrons. The Morgan fingerprint density at radius 1 is 1.11 bits per heavy atom. The fourth-order valence-corrected chi connectivity index (χ4v) is 5.69. The summed E-state index contributed by atoms with van der Waals surface area (Å²) >= 11 is 6.26. The van der Waals surface area contributed by atoms with Crippen LogP contribution in [0.1, 0.15) is 54.9 Å². The molecule has 0 saturated heterocycles. The number of ketones is 1. The summed E-state index contributed by atoms with van der Waals surface area (Å²) in [5, 5.41) is 2.46. The van der Waals surface area contributed by atoms with Gasteiger partial charge in [-0.1, -0.05) is 49.7 Å². The Kier molecular flexibility index (Phi) is 6.57. The zero-order chi connectivity index (χ0) is 27.2. The first-order valence-electron chi connectivity index (χ1n) is 12.5. The van der Waals surface area contributed by atoms with Crippen molar-refractivity contribution in [2.45, 2.75) is 45.6 Å². The van der Waals surface area contributed by atoms with Crippen LogP contribution in [0.3, 0.4) is 0 Å². The molecule has 2 aromatic carbocycles. The van der Waals surface area contributed by atoms with Crippen LogP contribution in [0, 0.1) is 5.41 Å². The van der Waals surface area contributed by atoms with Gasteiger partial charge in [0.1, 0.15) is 0 Å². The number of rotatable bonds is 5. The van der Waals surface area contributed by atoms with Crippen LogP contribution in [0.15, 0.2) is 83.3 Å². The third-order valence-electron chi connectivity index (χ3n) is 7.16. The molecule has 0 spiro atoms. The Balaban J connectivity index is 1.68. The Morgan fingerprint density at radius 3 is 2.55 bits per heavy atom. The minimum absolute atomic E-state index is 0.129. The lowest BCUT2D eigenvalue weighted by molar-refractivity contribution is -0.134. The normalized spacial score (nSPS) is 18.9. The number of pyridine rings is 1. The number of hydrogen-bond donors (Lipinski definition) is 1. The third-order valence-corrected chi connectivity index (χ3v) is 7.40. The number of hydrogen-bond acceptors (Lipinski definition) is 4. The summed E-state index contributed by atoms with van der Waals surface area (Å²) in [6.45, 7) is 7.95. The van der Waals surface area contributed by atoms with Crippen LogP contribution in [0.5, 0.6) is 0 Å². The van der Waals surface area contributed by atoms with E-state index in [-0.39, 0.29) is 36.6 Å². The highest BCUT2D eigenvalue weighted by Gasteiger charge is 2.45. The number of carbonyl (C=O) groups excluding carboxylic acids is 3. The first kappa shape index (κ1) is 25.7. The molecule has 1 atom stereocenters. The van der Waals surface area contributed by atoms with Crippen molar-refractivity contribution in [3.8, 4) is 0 Å². The molecule has 38 heavy (non-hydrogen) atoms. The van der Waals surface area contributed by atoms with E-state index in [2.05, 4.69) is 12.0 Å². The number of fused-ring (bicyclic) bond motifs is 1.